The molecule has 5 nitrogen and oxygen atoms in total. The van der Waals surface area contributed by atoms with E-state index in [1.807, 2.05) is 5.38 Å². The van der Waals surface area contributed by atoms with Crippen LogP contribution in [0.25, 0.3) is 0 Å². The van der Waals surface area contributed by atoms with Gasteiger partial charge in [-0.3, -0.25) is 15.1 Å². The number of aliphatic imine (C=N–C) groups is 1. The van der Waals surface area contributed by atoms with E-state index >= 15 is 0 Å². The van der Waals surface area contributed by atoms with E-state index in [1.54, 1.807) is 18.4 Å². The summed E-state index contributed by atoms with van der Waals surface area (Å²) in [4.78, 5) is 20.2. The van der Waals surface area contributed by atoms with Crippen LogP contribution in [0, 0.1) is 0 Å². The van der Waals surface area contributed by atoms with Gasteiger partial charge in [-0.05, 0) is 0 Å². The highest BCUT2D eigenvalue weighted by atomic mass is 32.1. The minimum absolute atomic E-state index is 0.0136. The molecule has 1 fully saturated rings. The first-order valence-electron chi connectivity index (χ1n) is 5.42. The number of hydrogen-bond donors (Lipinski definition) is 2. The highest BCUT2D eigenvalue weighted by Gasteiger charge is 2.32. The lowest BCUT2D eigenvalue weighted by Gasteiger charge is -2.13. The average molecular weight is 252 g/mol. The molecule has 1 aromatic heterocycles. The summed E-state index contributed by atoms with van der Waals surface area (Å²) in [5.41, 5.74) is 0.774. The Balaban J connectivity index is 2.25. The van der Waals surface area contributed by atoms with E-state index in [2.05, 4.69) is 41.4 Å². The van der Waals surface area contributed by atoms with E-state index in [0.717, 1.165) is 10.7 Å². The van der Waals surface area contributed by atoms with Crippen molar-refractivity contribution in [1.29, 1.82) is 0 Å². The molecule has 2 N–H and O–H groups in total. The van der Waals surface area contributed by atoms with Crippen molar-refractivity contribution in [2.24, 2.45) is 4.99 Å². The normalized spacial score (nSPS) is 22.7. The fourth-order valence-corrected chi connectivity index (χ4v) is 2.45. The highest BCUT2D eigenvalue weighted by Crippen LogP contribution is 2.28. The average Bonchev–Trinajstić information content (AvgIpc) is 2.82. The van der Waals surface area contributed by atoms with E-state index in [-0.39, 0.29) is 11.3 Å². The van der Waals surface area contributed by atoms with Crippen molar-refractivity contribution < 1.29 is 4.79 Å². The highest BCUT2D eigenvalue weighted by molar-refractivity contribution is 7.09. The molecule has 1 amide bonds. The predicted molar refractivity (Wildman–Crippen MR) is 68.2 cm³/mol. The van der Waals surface area contributed by atoms with Gasteiger partial charge in [-0.1, -0.05) is 20.8 Å². The molecule has 1 atom stereocenters. The van der Waals surface area contributed by atoms with Gasteiger partial charge < -0.3 is 5.32 Å². The van der Waals surface area contributed by atoms with Crippen LogP contribution in [0.15, 0.2) is 10.4 Å². The number of aromatic nitrogens is 1. The monoisotopic (exact) mass is 252 g/mol. The number of nitrogens with zero attached hydrogens (tertiary/aromatic N) is 2. The Morgan fingerprint density at radius 1 is 1.47 bits per heavy atom. The third-order valence-corrected chi connectivity index (χ3v) is 3.75. The van der Waals surface area contributed by atoms with Gasteiger partial charge in [0.15, 0.2) is 12.0 Å². The van der Waals surface area contributed by atoms with Gasteiger partial charge in [-0.15, -0.1) is 11.3 Å². The van der Waals surface area contributed by atoms with Crippen LogP contribution in [0.4, 0.5) is 0 Å². The Morgan fingerprint density at radius 2 is 2.18 bits per heavy atom. The Labute approximate surface area is 104 Å². The molecule has 1 unspecified atom stereocenters. The molecule has 6 heteroatoms. The molecule has 0 spiro atoms. The van der Waals surface area contributed by atoms with Crippen LogP contribution >= 0.6 is 11.3 Å². The zero-order chi connectivity index (χ0) is 12.6. The molecular weight excluding hydrogens is 236 g/mol. The van der Waals surface area contributed by atoms with Gasteiger partial charge >= 0.3 is 0 Å². The molecule has 0 aliphatic carbocycles. The maximum atomic E-state index is 11.7. The van der Waals surface area contributed by atoms with Gasteiger partial charge in [-0.2, -0.15) is 0 Å². The van der Waals surface area contributed by atoms with E-state index in [1.165, 1.54) is 0 Å². The number of guanidine groups is 1. The summed E-state index contributed by atoms with van der Waals surface area (Å²) in [6.45, 7) is 6.32. The second-order valence-corrected chi connectivity index (χ2v) is 5.82. The van der Waals surface area contributed by atoms with E-state index in [4.69, 9.17) is 0 Å². The number of nitrogens with one attached hydrogen (secondary N) is 2. The SMILES string of the molecule is CN=C1NC(=O)C(c2csc(C(C)(C)C)n2)N1. The first kappa shape index (κ1) is 12.0. The van der Waals surface area contributed by atoms with Gasteiger partial charge in [0.1, 0.15) is 0 Å². The summed E-state index contributed by atoms with van der Waals surface area (Å²) < 4.78 is 0. The molecule has 1 aliphatic rings. The summed E-state index contributed by atoms with van der Waals surface area (Å²) in [5, 5.41) is 8.63. The number of hydrogen-bond acceptors (Lipinski definition) is 4. The molecule has 1 saturated heterocycles. The van der Waals surface area contributed by atoms with Crippen molar-refractivity contribution in [2.75, 3.05) is 7.05 Å². The molecule has 0 radical (unpaired) electrons. The van der Waals surface area contributed by atoms with Crippen molar-refractivity contribution in [2.45, 2.75) is 32.2 Å². The fourth-order valence-electron chi connectivity index (χ4n) is 1.52. The van der Waals surface area contributed by atoms with Gasteiger partial charge in [0.25, 0.3) is 5.91 Å². The lowest BCUT2D eigenvalue weighted by atomic mass is 9.98. The van der Waals surface area contributed by atoms with Crippen LogP contribution in [0.2, 0.25) is 0 Å². The zero-order valence-electron chi connectivity index (χ0n) is 10.4. The molecule has 0 saturated carbocycles. The Bertz CT molecular complexity index is 472. The maximum absolute atomic E-state index is 11.7. The second kappa shape index (κ2) is 4.10. The van der Waals surface area contributed by atoms with Gasteiger partial charge in [0.2, 0.25) is 0 Å². The number of carbonyl (C=O) groups is 1. The van der Waals surface area contributed by atoms with Crippen LogP contribution in [-0.4, -0.2) is 23.9 Å². The van der Waals surface area contributed by atoms with Gasteiger partial charge in [0.05, 0.1) is 10.7 Å². The summed E-state index contributed by atoms with van der Waals surface area (Å²) in [5.74, 6) is 0.404. The number of amides is 1. The lowest BCUT2D eigenvalue weighted by molar-refractivity contribution is -0.120. The fraction of sp³-hybridized carbons (Fsp3) is 0.545. The quantitative estimate of drug-likeness (QED) is 0.789. The Morgan fingerprint density at radius 3 is 2.65 bits per heavy atom. The second-order valence-electron chi connectivity index (χ2n) is 4.97. The van der Waals surface area contributed by atoms with Crippen LogP contribution in [0.3, 0.4) is 0 Å². The lowest BCUT2D eigenvalue weighted by Crippen LogP contribution is -2.24. The van der Waals surface area contributed by atoms with E-state index < -0.39 is 6.04 Å². The third-order valence-electron chi connectivity index (χ3n) is 2.47. The summed E-state index contributed by atoms with van der Waals surface area (Å²) >= 11 is 1.58. The standard InChI is InChI=1S/C11H16N4OS/c1-11(2,3)9-13-6(5-17-9)7-8(16)15-10(12-4)14-7/h5,7H,1-4H3,(H2,12,14,15,16). The summed E-state index contributed by atoms with van der Waals surface area (Å²) in [7, 11) is 1.63. The molecular formula is C11H16N4OS. The predicted octanol–water partition coefficient (Wildman–Crippen LogP) is 1.19. The van der Waals surface area contributed by atoms with Crippen molar-refractivity contribution in [3.63, 3.8) is 0 Å². The molecule has 1 aliphatic heterocycles. The molecule has 0 bridgehead atoms. The molecule has 1 aromatic rings. The van der Waals surface area contributed by atoms with Crippen LogP contribution < -0.4 is 10.6 Å². The van der Waals surface area contributed by atoms with E-state index in [9.17, 15) is 4.79 Å². The molecule has 2 heterocycles. The zero-order valence-corrected chi connectivity index (χ0v) is 11.2. The smallest absolute Gasteiger partial charge is 0.255 e. The number of rotatable bonds is 1. The van der Waals surface area contributed by atoms with Crippen LogP contribution in [0.1, 0.15) is 37.5 Å². The van der Waals surface area contributed by atoms with Gasteiger partial charge in [0, 0.05) is 17.8 Å². The molecule has 2 rings (SSSR count). The third kappa shape index (κ3) is 2.31. The minimum atomic E-state index is -0.416. The topological polar surface area (TPSA) is 66.4 Å². The largest absolute Gasteiger partial charge is 0.339 e. The van der Waals surface area contributed by atoms with Crippen molar-refractivity contribution in [3.05, 3.63) is 16.1 Å². The van der Waals surface area contributed by atoms with Gasteiger partial charge in [-0.25, -0.2) is 4.98 Å². The Hall–Kier alpha value is -1.43. The first-order valence-corrected chi connectivity index (χ1v) is 6.30. The van der Waals surface area contributed by atoms with Crippen LogP contribution in [-0.2, 0) is 10.2 Å². The van der Waals surface area contributed by atoms with Crippen molar-refractivity contribution in [3.8, 4) is 0 Å². The minimum Gasteiger partial charge on any atom is -0.339 e. The summed E-state index contributed by atoms with van der Waals surface area (Å²) in [6, 6.07) is -0.416. The number of carbonyl (C=O) groups excluding carboxylic acids is 1. The number of thiazole rings is 1. The summed E-state index contributed by atoms with van der Waals surface area (Å²) in [6.07, 6.45) is 0. The van der Waals surface area contributed by atoms with Crippen LogP contribution in [0.5, 0.6) is 0 Å². The molecule has 17 heavy (non-hydrogen) atoms. The maximum Gasteiger partial charge on any atom is 0.255 e. The van der Waals surface area contributed by atoms with Crippen molar-refractivity contribution in [1.82, 2.24) is 15.6 Å². The Kier molecular flexibility index (Phi) is 2.91. The first-order chi connectivity index (χ1) is 7.91. The van der Waals surface area contributed by atoms with Crippen molar-refractivity contribution >= 4 is 23.2 Å². The molecule has 92 valence electrons. The molecule has 0 aromatic carbocycles. The van der Waals surface area contributed by atoms with E-state index in [0.29, 0.717) is 5.96 Å².